The van der Waals surface area contributed by atoms with Crippen LogP contribution in [0.15, 0.2) is 16.6 Å². The van der Waals surface area contributed by atoms with Crippen LogP contribution in [0.5, 0.6) is 0 Å². The molecule has 0 aromatic heterocycles. The highest BCUT2D eigenvalue weighted by Gasteiger charge is 2.01. The second-order valence-corrected chi connectivity index (χ2v) is 2.45. The molecule has 0 fully saturated rings. The van der Waals surface area contributed by atoms with E-state index in [0.29, 0.717) is 0 Å². The van der Waals surface area contributed by atoms with Crippen molar-refractivity contribution in [2.24, 2.45) is 4.99 Å². The van der Waals surface area contributed by atoms with Crippen molar-refractivity contribution < 1.29 is 0 Å². The quantitative estimate of drug-likeness (QED) is 0.403. The van der Waals surface area contributed by atoms with Crippen molar-refractivity contribution in [3.63, 3.8) is 0 Å². The number of hydrogen-bond acceptors (Lipinski definition) is 1. The maximum atomic E-state index is 3.81. The SMILES string of the molecule is C=NCCC1=CCCC1. The normalized spacial score (nSPS) is 17.6. The summed E-state index contributed by atoms with van der Waals surface area (Å²) >= 11 is 0. The van der Waals surface area contributed by atoms with Gasteiger partial charge in [-0.15, -0.1) is 0 Å². The van der Waals surface area contributed by atoms with E-state index in [-0.39, 0.29) is 0 Å². The molecule has 1 rings (SSSR count). The van der Waals surface area contributed by atoms with E-state index in [2.05, 4.69) is 17.8 Å². The lowest BCUT2D eigenvalue weighted by Crippen LogP contribution is -1.81. The van der Waals surface area contributed by atoms with Gasteiger partial charge in [-0.05, 0) is 32.4 Å². The summed E-state index contributed by atoms with van der Waals surface area (Å²) in [6, 6.07) is 0. The molecule has 1 heteroatoms. The highest BCUT2D eigenvalue weighted by atomic mass is 14.7. The molecular formula is C8H13N. The maximum Gasteiger partial charge on any atom is 0.0419 e. The van der Waals surface area contributed by atoms with E-state index in [9.17, 15) is 0 Å². The molecule has 1 aliphatic rings. The predicted octanol–water partition coefficient (Wildman–Crippen LogP) is 2.19. The van der Waals surface area contributed by atoms with Crippen LogP contribution in [0.3, 0.4) is 0 Å². The predicted molar refractivity (Wildman–Crippen MR) is 41.0 cm³/mol. The summed E-state index contributed by atoms with van der Waals surface area (Å²) in [6.07, 6.45) is 7.42. The van der Waals surface area contributed by atoms with Crippen LogP contribution in [0, 0.1) is 0 Å². The van der Waals surface area contributed by atoms with Gasteiger partial charge in [-0.1, -0.05) is 11.6 Å². The minimum Gasteiger partial charge on any atom is -0.301 e. The third kappa shape index (κ3) is 2.00. The van der Waals surface area contributed by atoms with Gasteiger partial charge in [0.2, 0.25) is 0 Å². The van der Waals surface area contributed by atoms with Gasteiger partial charge in [0, 0.05) is 6.54 Å². The highest BCUT2D eigenvalue weighted by Crippen LogP contribution is 2.19. The number of allylic oxidation sites excluding steroid dienone is 1. The van der Waals surface area contributed by atoms with Crippen LogP contribution in [0.2, 0.25) is 0 Å². The lowest BCUT2D eigenvalue weighted by atomic mass is 10.2. The molecule has 0 saturated heterocycles. The van der Waals surface area contributed by atoms with Gasteiger partial charge < -0.3 is 4.99 Å². The molecule has 0 unspecified atom stereocenters. The Kier molecular flexibility index (Phi) is 2.49. The van der Waals surface area contributed by atoms with E-state index in [1.54, 1.807) is 5.57 Å². The average Bonchev–Trinajstić information content (AvgIpc) is 2.34. The standard InChI is InChI=1S/C8H13N/c1-9-7-6-8-4-2-3-5-8/h4H,1-3,5-7H2. The molecule has 0 atom stereocenters. The molecule has 0 heterocycles. The summed E-state index contributed by atoms with van der Waals surface area (Å²) in [7, 11) is 0. The number of nitrogens with zero attached hydrogens (tertiary/aromatic N) is 1. The fourth-order valence-corrected chi connectivity index (χ4v) is 1.19. The largest absolute Gasteiger partial charge is 0.301 e. The van der Waals surface area contributed by atoms with E-state index in [1.807, 2.05) is 0 Å². The molecule has 0 amide bonds. The molecule has 0 radical (unpaired) electrons. The molecule has 1 aliphatic carbocycles. The lowest BCUT2D eigenvalue weighted by Gasteiger charge is -1.94. The Balaban J connectivity index is 2.18. The first-order valence-electron chi connectivity index (χ1n) is 3.54. The van der Waals surface area contributed by atoms with Crippen molar-refractivity contribution in [1.82, 2.24) is 0 Å². The second kappa shape index (κ2) is 3.44. The third-order valence-electron chi connectivity index (χ3n) is 1.73. The number of rotatable bonds is 3. The molecule has 50 valence electrons. The Morgan fingerprint density at radius 2 is 2.56 bits per heavy atom. The highest BCUT2D eigenvalue weighted by molar-refractivity contribution is 5.23. The molecule has 0 aromatic rings. The molecular weight excluding hydrogens is 110 g/mol. The van der Waals surface area contributed by atoms with Crippen molar-refractivity contribution in [3.05, 3.63) is 11.6 Å². The molecule has 0 saturated carbocycles. The van der Waals surface area contributed by atoms with E-state index in [1.165, 1.54) is 19.3 Å². The first-order chi connectivity index (χ1) is 4.43. The fourth-order valence-electron chi connectivity index (χ4n) is 1.19. The number of hydrogen-bond donors (Lipinski definition) is 0. The molecule has 0 bridgehead atoms. The zero-order valence-corrected chi connectivity index (χ0v) is 5.77. The van der Waals surface area contributed by atoms with Crippen LogP contribution in [0.4, 0.5) is 0 Å². The number of aliphatic imine (C=N–C) groups is 1. The Hall–Kier alpha value is -0.590. The molecule has 0 aromatic carbocycles. The summed E-state index contributed by atoms with van der Waals surface area (Å²) in [5.41, 5.74) is 1.59. The van der Waals surface area contributed by atoms with Gasteiger partial charge in [0.05, 0.1) is 0 Å². The van der Waals surface area contributed by atoms with Crippen molar-refractivity contribution in [2.75, 3.05) is 6.54 Å². The third-order valence-corrected chi connectivity index (χ3v) is 1.73. The van der Waals surface area contributed by atoms with Crippen molar-refractivity contribution in [3.8, 4) is 0 Å². The molecule has 0 aliphatic heterocycles. The average molecular weight is 123 g/mol. The smallest absolute Gasteiger partial charge is 0.0419 e. The van der Waals surface area contributed by atoms with Crippen LogP contribution >= 0.6 is 0 Å². The fraction of sp³-hybridized carbons (Fsp3) is 0.625. The minimum absolute atomic E-state index is 0.909. The molecule has 0 spiro atoms. The summed E-state index contributed by atoms with van der Waals surface area (Å²) in [5, 5.41) is 0. The van der Waals surface area contributed by atoms with Gasteiger partial charge in [0.15, 0.2) is 0 Å². The van der Waals surface area contributed by atoms with Gasteiger partial charge in [-0.25, -0.2) is 0 Å². The van der Waals surface area contributed by atoms with Gasteiger partial charge >= 0.3 is 0 Å². The molecule has 0 N–H and O–H groups in total. The Morgan fingerprint density at radius 3 is 3.11 bits per heavy atom. The van der Waals surface area contributed by atoms with Gasteiger partial charge in [0.25, 0.3) is 0 Å². The first-order valence-corrected chi connectivity index (χ1v) is 3.54. The summed E-state index contributed by atoms with van der Waals surface area (Å²) in [4.78, 5) is 3.81. The Morgan fingerprint density at radius 1 is 1.67 bits per heavy atom. The summed E-state index contributed by atoms with van der Waals surface area (Å²) in [6.45, 7) is 4.35. The van der Waals surface area contributed by atoms with E-state index >= 15 is 0 Å². The Bertz CT molecular complexity index is 125. The van der Waals surface area contributed by atoms with Crippen LogP contribution in [0.25, 0.3) is 0 Å². The van der Waals surface area contributed by atoms with Gasteiger partial charge in [0.1, 0.15) is 0 Å². The van der Waals surface area contributed by atoms with Gasteiger partial charge in [-0.2, -0.15) is 0 Å². The Labute approximate surface area is 56.5 Å². The van der Waals surface area contributed by atoms with Crippen molar-refractivity contribution in [2.45, 2.75) is 25.7 Å². The van der Waals surface area contributed by atoms with Gasteiger partial charge in [-0.3, -0.25) is 0 Å². The second-order valence-electron chi connectivity index (χ2n) is 2.45. The first kappa shape index (κ1) is 6.53. The van der Waals surface area contributed by atoms with Crippen molar-refractivity contribution >= 4 is 6.72 Å². The zero-order chi connectivity index (χ0) is 6.53. The minimum atomic E-state index is 0.909. The van der Waals surface area contributed by atoms with E-state index < -0.39 is 0 Å². The van der Waals surface area contributed by atoms with Crippen LogP contribution in [-0.4, -0.2) is 13.3 Å². The van der Waals surface area contributed by atoms with Crippen LogP contribution in [-0.2, 0) is 0 Å². The lowest BCUT2D eigenvalue weighted by molar-refractivity contribution is 0.853. The summed E-state index contributed by atoms with van der Waals surface area (Å²) in [5.74, 6) is 0. The van der Waals surface area contributed by atoms with Crippen LogP contribution in [0.1, 0.15) is 25.7 Å². The van der Waals surface area contributed by atoms with E-state index in [0.717, 1.165) is 13.0 Å². The van der Waals surface area contributed by atoms with Crippen LogP contribution < -0.4 is 0 Å². The monoisotopic (exact) mass is 123 g/mol. The molecule has 9 heavy (non-hydrogen) atoms. The molecule has 1 nitrogen and oxygen atoms in total. The maximum absolute atomic E-state index is 3.81. The van der Waals surface area contributed by atoms with Crippen molar-refractivity contribution in [1.29, 1.82) is 0 Å². The van der Waals surface area contributed by atoms with E-state index in [4.69, 9.17) is 0 Å². The zero-order valence-electron chi connectivity index (χ0n) is 5.77. The summed E-state index contributed by atoms with van der Waals surface area (Å²) < 4.78 is 0. The topological polar surface area (TPSA) is 12.4 Å².